The number of piperidine rings is 1. The van der Waals surface area contributed by atoms with Crippen LogP contribution in [0.15, 0.2) is 60.7 Å². The monoisotopic (exact) mass is 605 g/mol. The third kappa shape index (κ3) is 10.4. The maximum Gasteiger partial charge on any atom is 0.126 e. The van der Waals surface area contributed by atoms with Gasteiger partial charge >= 0.3 is 0 Å². The van der Waals surface area contributed by atoms with Crippen molar-refractivity contribution >= 4 is 12.2 Å². The van der Waals surface area contributed by atoms with Crippen molar-refractivity contribution in [3.05, 3.63) is 87.8 Å². The van der Waals surface area contributed by atoms with Gasteiger partial charge in [0.05, 0.1) is 40.6 Å². The summed E-state index contributed by atoms with van der Waals surface area (Å²) in [5.74, 6) is 3.31. The van der Waals surface area contributed by atoms with Gasteiger partial charge in [-0.3, -0.25) is 0 Å². The number of fused-ring (bicyclic) bond motifs is 1. The van der Waals surface area contributed by atoms with E-state index in [9.17, 15) is 5.11 Å². The number of benzene rings is 3. The average Bonchev–Trinajstić information content (AvgIpc) is 3.10. The van der Waals surface area contributed by atoms with Gasteiger partial charge in [-0.15, -0.1) is 0 Å². The Balaban J connectivity index is 0.000000276. The van der Waals surface area contributed by atoms with E-state index >= 15 is 0 Å². The van der Waals surface area contributed by atoms with Crippen LogP contribution in [0.4, 0.5) is 0 Å². The highest BCUT2D eigenvalue weighted by atomic mass is 16.5. The molecule has 0 amide bonds. The molecule has 5 rings (SSSR count). The molecule has 3 aromatic rings. The molecule has 3 aromatic carbocycles. The molecule has 1 saturated heterocycles. The molecule has 7 heteroatoms. The van der Waals surface area contributed by atoms with Gasteiger partial charge in [-0.2, -0.15) is 0 Å². The first-order chi connectivity index (χ1) is 21.7. The van der Waals surface area contributed by atoms with Crippen LogP contribution in [0, 0.1) is 5.92 Å². The number of ether oxygens (including phenoxy) is 4. The molecule has 0 bridgehead atoms. The normalized spacial score (nSPS) is 16.9. The fraction of sp³-hybridized carbons (Fsp3) is 0.459. The number of aliphatic hydroxyl groups is 2. The molecule has 1 fully saturated rings. The van der Waals surface area contributed by atoms with E-state index in [2.05, 4.69) is 29.6 Å². The lowest BCUT2D eigenvalue weighted by Crippen LogP contribution is -2.37. The van der Waals surface area contributed by atoms with Gasteiger partial charge in [0.15, 0.2) is 0 Å². The topological polar surface area (TPSA) is 89.4 Å². The zero-order chi connectivity index (χ0) is 31.6. The predicted octanol–water partition coefficient (Wildman–Crippen LogP) is 4.93. The molecule has 0 spiro atoms. The highest BCUT2D eigenvalue weighted by Crippen LogP contribution is 2.31. The summed E-state index contributed by atoms with van der Waals surface area (Å²) in [6.45, 7) is 7.99. The standard InChI is InChI=1S/C23H31NO4.C12H14O2.C2H6/c1-26-23-6-3-2-5-19(23)17-27-13-4-14-28-21-9-7-18(8-10-21)22-11-12-24-15-20(22)16-25;1-14-12-7-9(8-13)6-10-4-2-3-5-11(10)12;1-2/h2-3,5-10,20,22,24-25H,4,11-17H2,1H3;4-7,13H,2-3,8H2,1H3;1-2H3/t20-,22?;;/m0../s1. The average molecular weight is 606 g/mol. The highest BCUT2D eigenvalue weighted by Gasteiger charge is 2.25. The van der Waals surface area contributed by atoms with Crippen LogP contribution in [-0.2, 0) is 18.0 Å². The molecule has 1 aliphatic heterocycles. The van der Waals surface area contributed by atoms with Crippen LogP contribution in [0.3, 0.4) is 0 Å². The Morgan fingerprint density at radius 2 is 1.61 bits per heavy atom. The molecular weight excluding hydrogens is 554 g/mol. The SMILES string of the molecule is CC.COc1cc(CO)cc2c1=CCCC=2.COc1ccccc1COCCCOc1ccc(C2CCNC[C@H]2CO)cc1. The minimum absolute atomic E-state index is 0.0669. The highest BCUT2D eigenvalue weighted by molar-refractivity contribution is 5.45. The second-order valence-corrected chi connectivity index (χ2v) is 10.6. The first-order valence-electron chi connectivity index (χ1n) is 15.9. The zero-order valence-corrected chi connectivity index (χ0v) is 26.9. The van der Waals surface area contributed by atoms with E-state index in [0.29, 0.717) is 31.7 Å². The summed E-state index contributed by atoms with van der Waals surface area (Å²) in [4.78, 5) is 0. The van der Waals surface area contributed by atoms with Gasteiger partial charge in [0.1, 0.15) is 17.2 Å². The van der Waals surface area contributed by atoms with Gasteiger partial charge in [-0.1, -0.05) is 56.3 Å². The van der Waals surface area contributed by atoms with E-state index in [0.717, 1.165) is 72.4 Å². The van der Waals surface area contributed by atoms with Gasteiger partial charge in [0.25, 0.3) is 0 Å². The summed E-state index contributed by atoms with van der Waals surface area (Å²) >= 11 is 0. The Kier molecular flexibility index (Phi) is 15.8. The second kappa shape index (κ2) is 19.8. The van der Waals surface area contributed by atoms with E-state index in [4.69, 9.17) is 24.1 Å². The van der Waals surface area contributed by atoms with Gasteiger partial charge in [-0.05, 0) is 78.4 Å². The van der Waals surface area contributed by atoms with E-state index in [1.54, 1.807) is 14.2 Å². The molecule has 1 heterocycles. The Morgan fingerprint density at radius 3 is 2.34 bits per heavy atom. The lowest BCUT2D eigenvalue weighted by molar-refractivity contribution is 0.105. The summed E-state index contributed by atoms with van der Waals surface area (Å²) in [6, 6.07) is 20.1. The van der Waals surface area contributed by atoms with Crippen molar-refractivity contribution < 1.29 is 29.2 Å². The van der Waals surface area contributed by atoms with Crippen molar-refractivity contribution in [2.75, 3.05) is 47.1 Å². The molecule has 0 saturated carbocycles. The minimum Gasteiger partial charge on any atom is -0.496 e. The van der Waals surface area contributed by atoms with Crippen molar-refractivity contribution in [2.24, 2.45) is 5.92 Å². The maximum atomic E-state index is 9.58. The van der Waals surface area contributed by atoms with E-state index in [-0.39, 0.29) is 13.2 Å². The Hall–Kier alpha value is -3.36. The number of hydrogen-bond donors (Lipinski definition) is 3. The molecular formula is C37H51NO6. The summed E-state index contributed by atoms with van der Waals surface area (Å²) in [5, 5.41) is 24.4. The van der Waals surface area contributed by atoms with Crippen molar-refractivity contribution in [2.45, 2.75) is 58.7 Å². The molecule has 3 N–H and O–H groups in total. The minimum atomic E-state index is 0.0669. The fourth-order valence-electron chi connectivity index (χ4n) is 5.54. The van der Waals surface area contributed by atoms with Crippen molar-refractivity contribution in [3.8, 4) is 17.2 Å². The third-order valence-corrected chi connectivity index (χ3v) is 7.82. The Bertz CT molecular complexity index is 1360. The first kappa shape index (κ1) is 35.1. The Labute approximate surface area is 263 Å². The molecule has 0 radical (unpaired) electrons. The predicted molar refractivity (Wildman–Crippen MR) is 178 cm³/mol. The number of rotatable bonds is 12. The van der Waals surface area contributed by atoms with Crippen LogP contribution < -0.4 is 30.0 Å². The van der Waals surface area contributed by atoms with Gasteiger partial charge in [0, 0.05) is 36.3 Å². The molecule has 2 atom stereocenters. The smallest absolute Gasteiger partial charge is 0.126 e. The van der Waals surface area contributed by atoms with Crippen LogP contribution in [0.5, 0.6) is 17.2 Å². The number of para-hydroxylation sites is 1. The summed E-state index contributed by atoms with van der Waals surface area (Å²) < 4.78 is 22.2. The number of aliphatic hydroxyl groups excluding tert-OH is 2. The third-order valence-electron chi connectivity index (χ3n) is 7.82. The molecule has 1 unspecified atom stereocenters. The van der Waals surface area contributed by atoms with Gasteiger partial charge in [-0.25, -0.2) is 0 Å². The van der Waals surface area contributed by atoms with E-state index in [1.807, 2.05) is 62.4 Å². The van der Waals surface area contributed by atoms with Gasteiger partial charge < -0.3 is 34.5 Å². The van der Waals surface area contributed by atoms with Crippen molar-refractivity contribution in [1.29, 1.82) is 0 Å². The van der Waals surface area contributed by atoms with E-state index in [1.165, 1.54) is 10.8 Å². The summed E-state index contributed by atoms with van der Waals surface area (Å²) in [6.07, 6.45) is 8.42. The first-order valence-corrected chi connectivity index (χ1v) is 15.9. The number of hydrogen-bond acceptors (Lipinski definition) is 7. The second-order valence-electron chi connectivity index (χ2n) is 10.6. The van der Waals surface area contributed by atoms with Crippen LogP contribution >= 0.6 is 0 Å². The van der Waals surface area contributed by atoms with Crippen LogP contribution in [-0.4, -0.2) is 57.3 Å². The molecule has 1 aliphatic carbocycles. The summed E-state index contributed by atoms with van der Waals surface area (Å²) in [5.41, 5.74) is 3.25. The molecule has 2 aliphatic rings. The molecule has 0 aromatic heterocycles. The lowest BCUT2D eigenvalue weighted by atomic mass is 9.81. The zero-order valence-electron chi connectivity index (χ0n) is 26.9. The Morgan fingerprint density at radius 1 is 0.864 bits per heavy atom. The quantitative estimate of drug-likeness (QED) is 0.252. The lowest BCUT2D eigenvalue weighted by Gasteiger charge is -2.31. The molecule has 44 heavy (non-hydrogen) atoms. The summed E-state index contributed by atoms with van der Waals surface area (Å²) in [7, 11) is 3.34. The molecule has 240 valence electrons. The number of methoxy groups -OCH3 is 2. The number of nitrogens with one attached hydrogen (secondary N) is 1. The van der Waals surface area contributed by atoms with Crippen LogP contribution in [0.2, 0.25) is 0 Å². The van der Waals surface area contributed by atoms with Crippen molar-refractivity contribution in [3.63, 3.8) is 0 Å². The maximum absolute atomic E-state index is 9.58. The molecule has 7 nitrogen and oxygen atoms in total. The largest absolute Gasteiger partial charge is 0.496 e. The van der Waals surface area contributed by atoms with Gasteiger partial charge in [0.2, 0.25) is 0 Å². The van der Waals surface area contributed by atoms with Crippen LogP contribution in [0.1, 0.15) is 62.1 Å². The van der Waals surface area contributed by atoms with E-state index < -0.39 is 0 Å². The van der Waals surface area contributed by atoms with Crippen molar-refractivity contribution in [1.82, 2.24) is 5.32 Å². The van der Waals surface area contributed by atoms with Crippen LogP contribution in [0.25, 0.3) is 12.2 Å². The fourth-order valence-corrected chi connectivity index (χ4v) is 5.54.